The Bertz CT molecular complexity index is 533. The number of nitrogens with one attached hydrogen (secondary N) is 1. The van der Waals surface area contributed by atoms with Gasteiger partial charge in [0.15, 0.2) is 0 Å². The van der Waals surface area contributed by atoms with E-state index in [2.05, 4.69) is 5.32 Å². The number of likely N-dealkylation sites (N-methyl/N-ethyl adjacent to an activating group) is 1. The first-order chi connectivity index (χ1) is 9.34. The van der Waals surface area contributed by atoms with Gasteiger partial charge in [-0.25, -0.2) is 8.42 Å². The molecule has 0 atom stereocenters. The maximum absolute atomic E-state index is 12.6. The van der Waals surface area contributed by atoms with Crippen LogP contribution in [-0.4, -0.2) is 46.6 Å². The number of benzene rings is 1. The zero-order chi connectivity index (χ0) is 15.3. The predicted octanol–water partition coefficient (Wildman–Crippen LogP) is 2.00. The van der Waals surface area contributed by atoms with Gasteiger partial charge >= 0.3 is 0 Å². The minimum Gasteiger partial charge on any atom is -0.385 e. The number of anilines is 1. The fourth-order valence-electron chi connectivity index (χ4n) is 2.16. The minimum absolute atomic E-state index is 0.340. The number of ether oxygens (including phenoxy) is 1. The third kappa shape index (κ3) is 3.71. The molecule has 20 heavy (non-hydrogen) atoms. The van der Waals surface area contributed by atoms with E-state index in [1.165, 1.54) is 4.31 Å². The number of sulfonamides is 1. The van der Waals surface area contributed by atoms with Crippen LogP contribution in [0.5, 0.6) is 0 Å². The molecule has 0 aliphatic heterocycles. The number of aryl methyl sites for hydroxylation is 2. The van der Waals surface area contributed by atoms with Crippen molar-refractivity contribution in [3.8, 4) is 0 Å². The zero-order valence-electron chi connectivity index (χ0n) is 12.9. The Morgan fingerprint density at radius 3 is 2.25 bits per heavy atom. The molecule has 0 unspecified atom stereocenters. The molecule has 0 aliphatic rings. The molecular formula is C14H24N2O3S. The molecule has 0 saturated carbocycles. The number of rotatable bonds is 7. The normalized spacial score (nSPS) is 11.9. The van der Waals surface area contributed by atoms with Crippen LogP contribution in [0.1, 0.15) is 18.1 Å². The molecule has 0 heterocycles. The summed E-state index contributed by atoms with van der Waals surface area (Å²) in [6, 6.07) is 3.74. The molecule has 0 spiro atoms. The predicted molar refractivity (Wildman–Crippen MR) is 81.8 cm³/mol. The lowest BCUT2D eigenvalue weighted by molar-refractivity contribution is 0.185. The number of hydrogen-bond acceptors (Lipinski definition) is 4. The van der Waals surface area contributed by atoms with Crippen molar-refractivity contribution < 1.29 is 13.2 Å². The molecule has 1 aromatic carbocycles. The second-order valence-corrected chi connectivity index (χ2v) is 6.77. The molecule has 5 nitrogen and oxygen atoms in total. The molecule has 1 rings (SSSR count). The van der Waals surface area contributed by atoms with Crippen LogP contribution in [0, 0.1) is 13.8 Å². The van der Waals surface area contributed by atoms with Gasteiger partial charge in [0.05, 0.1) is 11.5 Å². The Labute approximate surface area is 122 Å². The lowest BCUT2D eigenvalue weighted by Crippen LogP contribution is -2.31. The quantitative estimate of drug-likeness (QED) is 0.837. The van der Waals surface area contributed by atoms with Gasteiger partial charge in [-0.05, 0) is 44.0 Å². The van der Waals surface area contributed by atoms with E-state index >= 15 is 0 Å². The van der Waals surface area contributed by atoms with Crippen molar-refractivity contribution in [3.63, 3.8) is 0 Å². The van der Waals surface area contributed by atoms with Gasteiger partial charge in [-0.3, -0.25) is 0 Å². The van der Waals surface area contributed by atoms with Gasteiger partial charge in [-0.1, -0.05) is 0 Å². The van der Waals surface area contributed by atoms with Crippen LogP contribution < -0.4 is 5.32 Å². The summed E-state index contributed by atoms with van der Waals surface area (Å²) in [4.78, 5) is 0.387. The van der Waals surface area contributed by atoms with Crippen LogP contribution in [0.2, 0.25) is 0 Å². The lowest BCUT2D eigenvalue weighted by atomic mass is 10.1. The fourth-order valence-corrected chi connectivity index (χ4v) is 3.72. The van der Waals surface area contributed by atoms with E-state index < -0.39 is 10.0 Å². The van der Waals surface area contributed by atoms with Gasteiger partial charge in [0.1, 0.15) is 0 Å². The summed E-state index contributed by atoms with van der Waals surface area (Å²) < 4.78 is 31.5. The molecule has 0 bridgehead atoms. The van der Waals surface area contributed by atoms with Gasteiger partial charge in [0, 0.05) is 32.9 Å². The highest BCUT2D eigenvalue weighted by Crippen LogP contribution is 2.26. The Kier molecular flexibility index (Phi) is 5.98. The maximum Gasteiger partial charge on any atom is 0.243 e. The first kappa shape index (κ1) is 16.9. The summed E-state index contributed by atoms with van der Waals surface area (Å²) in [5.74, 6) is 0. The van der Waals surface area contributed by atoms with Crippen LogP contribution in [-0.2, 0) is 14.8 Å². The van der Waals surface area contributed by atoms with Gasteiger partial charge in [0.25, 0.3) is 0 Å². The highest BCUT2D eigenvalue weighted by atomic mass is 32.2. The van der Waals surface area contributed by atoms with E-state index in [-0.39, 0.29) is 0 Å². The molecule has 114 valence electrons. The first-order valence-electron chi connectivity index (χ1n) is 6.65. The van der Waals surface area contributed by atoms with Gasteiger partial charge in [0.2, 0.25) is 10.0 Å². The summed E-state index contributed by atoms with van der Waals surface area (Å²) in [5, 5.41) is 3.20. The Morgan fingerprint density at radius 2 is 1.80 bits per heavy atom. The standard InChI is InChI=1S/C14H24N2O3S/c1-6-15-13-9-11(2)14(12(3)10-13)20(17,18)16(4)7-8-19-5/h9-10,15H,6-8H2,1-5H3. The molecule has 1 aromatic rings. The third-order valence-corrected chi connectivity index (χ3v) is 5.28. The van der Waals surface area contributed by atoms with E-state index in [0.717, 1.165) is 23.4 Å². The summed E-state index contributed by atoms with van der Waals surface area (Å²) in [5.41, 5.74) is 2.46. The van der Waals surface area contributed by atoms with Crippen LogP contribution in [0.25, 0.3) is 0 Å². The van der Waals surface area contributed by atoms with Crippen LogP contribution in [0.3, 0.4) is 0 Å². The molecule has 0 aromatic heterocycles. The second kappa shape index (κ2) is 7.06. The van der Waals surface area contributed by atoms with Crippen LogP contribution >= 0.6 is 0 Å². The third-order valence-electron chi connectivity index (χ3n) is 3.12. The van der Waals surface area contributed by atoms with Crippen molar-refractivity contribution in [1.82, 2.24) is 4.31 Å². The van der Waals surface area contributed by atoms with Crippen molar-refractivity contribution in [2.75, 3.05) is 39.2 Å². The molecule has 0 amide bonds. The number of hydrogen-bond donors (Lipinski definition) is 1. The van der Waals surface area contributed by atoms with Gasteiger partial charge in [-0.15, -0.1) is 0 Å². The van der Waals surface area contributed by atoms with E-state index in [1.807, 2.05) is 32.9 Å². The van der Waals surface area contributed by atoms with Crippen molar-refractivity contribution in [3.05, 3.63) is 23.3 Å². The van der Waals surface area contributed by atoms with Crippen LogP contribution in [0.15, 0.2) is 17.0 Å². The minimum atomic E-state index is -3.48. The smallest absolute Gasteiger partial charge is 0.243 e. The van der Waals surface area contributed by atoms with Crippen molar-refractivity contribution in [2.24, 2.45) is 0 Å². The SMILES string of the molecule is CCNc1cc(C)c(S(=O)(=O)N(C)CCOC)c(C)c1. The summed E-state index contributed by atoms with van der Waals surface area (Å²) in [7, 11) is -0.346. The van der Waals surface area contributed by atoms with E-state index in [4.69, 9.17) is 4.74 Å². The molecular weight excluding hydrogens is 276 g/mol. The monoisotopic (exact) mass is 300 g/mol. The lowest BCUT2D eigenvalue weighted by Gasteiger charge is -2.20. The average Bonchev–Trinajstić information content (AvgIpc) is 2.34. The van der Waals surface area contributed by atoms with Gasteiger partial charge < -0.3 is 10.1 Å². The second-order valence-electron chi connectivity index (χ2n) is 4.79. The van der Waals surface area contributed by atoms with Crippen molar-refractivity contribution >= 4 is 15.7 Å². The van der Waals surface area contributed by atoms with Crippen molar-refractivity contribution in [2.45, 2.75) is 25.7 Å². The largest absolute Gasteiger partial charge is 0.385 e. The maximum atomic E-state index is 12.6. The summed E-state index contributed by atoms with van der Waals surface area (Å²) in [6.07, 6.45) is 0. The number of nitrogens with zero attached hydrogens (tertiary/aromatic N) is 1. The van der Waals surface area contributed by atoms with E-state index in [9.17, 15) is 8.42 Å². The Morgan fingerprint density at radius 1 is 1.25 bits per heavy atom. The molecule has 0 saturated heterocycles. The highest BCUT2D eigenvalue weighted by molar-refractivity contribution is 7.89. The molecule has 1 N–H and O–H groups in total. The summed E-state index contributed by atoms with van der Waals surface area (Å²) >= 11 is 0. The first-order valence-corrected chi connectivity index (χ1v) is 8.09. The van der Waals surface area contributed by atoms with E-state index in [1.54, 1.807) is 14.2 Å². The topological polar surface area (TPSA) is 58.6 Å². The average molecular weight is 300 g/mol. The zero-order valence-corrected chi connectivity index (χ0v) is 13.7. The van der Waals surface area contributed by atoms with Crippen LogP contribution in [0.4, 0.5) is 5.69 Å². The number of methoxy groups -OCH3 is 1. The molecule has 0 aliphatic carbocycles. The van der Waals surface area contributed by atoms with E-state index in [0.29, 0.717) is 18.0 Å². The molecule has 0 radical (unpaired) electrons. The summed E-state index contributed by atoms with van der Waals surface area (Å²) in [6.45, 7) is 7.18. The molecule has 6 heteroatoms. The van der Waals surface area contributed by atoms with Crippen molar-refractivity contribution in [1.29, 1.82) is 0 Å². The highest BCUT2D eigenvalue weighted by Gasteiger charge is 2.24. The van der Waals surface area contributed by atoms with Gasteiger partial charge in [-0.2, -0.15) is 4.31 Å². The Hall–Kier alpha value is -1.11. The molecule has 0 fully saturated rings. The Balaban J connectivity index is 3.18. The fraction of sp³-hybridized carbons (Fsp3) is 0.571.